The van der Waals surface area contributed by atoms with Crippen LogP contribution in [-0.4, -0.2) is 49.7 Å². The monoisotopic (exact) mass is 246 g/mol. The molecule has 1 heterocycles. The van der Waals surface area contributed by atoms with E-state index >= 15 is 0 Å². The number of nitrogens with one attached hydrogen (secondary N) is 1. The first kappa shape index (κ1) is 16.4. The second-order valence-electron chi connectivity index (χ2n) is 4.08. The van der Waals surface area contributed by atoms with E-state index in [2.05, 4.69) is 17.1 Å². The summed E-state index contributed by atoms with van der Waals surface area (Å²) in [5.41, 5.74) is 0. The van der Waals surface area contributed by atoms with Gasteiger partial charge in [-0.2, -0.15) is 0 Å². The van der Waals surface area contributed by atoms with Crippen LogP contribution in [0.2, 0.25) is 0 Å². The van der Waals surface area contributed by atoms with E-state index in [1.54, 1.807) is 0 Å². The number of carbonyl (C=O) groups excluding carboxylic acids is 1. The van der Waals surface area contributed by atoms with E-state index in [9.17, 15) is 4.79 Å². The summed E-state index contributed by atoms with van der Waals surface area (Å²) in [7, 11) is 0. The molecule has 0 radical (unpaired) electrons. The van der Waals surface area contributed by atoms with E-state index in [4.69, 9.17) is 4.74 Å². The third-order valence-electron chi connectivity index (χ3n) is 2.63. The SMILES string of the molecule is CC.CCCCN1CCO[C@@H](CNC(C)=O)C1.[HH]. The fourth-order valence-corrected chi connectivity index (χ4v) is 1.75. The summed E-state index contributed by atoms with van der Waals surface area (Å²) in [4.78, 5) is 13.2. The Bertz CT molecular complexity index is 203. The third-order valence-corrected chi connectivity index (χ3v) is 2.63. The van der Waals surface area contributed by atoms with Crippen LogP contribution >= 0.6 is 0 Å². The largest absolute Gasteiger partial charge is 0.374 e. The normalized spacial score (nSPS) is 20.4. The highest BCUT2D eigenvalue weighted by molar-refractivity contribution is 5.72. The standard InChI is InChI=1S/C11H22N2O2.C2H6.H2/c1-3-4-5-13-6-7-15-11(9-13)8-12-10(2)14;1-2;/h11H,3-9H2,1-2H3,(H,12,14);1-2H3;1H/t11-;;/m0../s1. The lowest BCUT2D eigenvalue weighted by Crippen LogP contribution is -2.47. The zero-order chi connectivity index (χ0) is 13.1. The van der Waals surface area contributed by atoms with Crippen molar-refractivity contribution in [2.24, 2.45) is 0 Å². The van der Waals surface area contributed by atoms with Crippen LogP contribution in [0.5, 0.6) is 0 Å². The first-order chi connectivity index (χ1) is 8.22. The molecule has 1 rings (SSSR count). The molecule has 1 N–H and O–H groups in total. The van der Waals surface area contributed by atoms with E-state index in [-0.39, 0.29) is 13.4 Å². The molecule has 0 spiro atoms. The molecule has 1 atom stereocenters. The molecule has 1 aliphatic heterocycles. The summed E-state index contributed by atoms with van der Waals surface area (Å²) in [5.74, 6) is 0.0179. The quantitative estimate of drug-likeness (QED) is 0.805. The minimum Gasteiger partial charge on any atom is -0.374 e. The van der Waals surface area contributed by atoms with Crippen molar-refractivity contribution < 1.29 is 11.0 Å². The number of unbranched alkanes of at least 4 members (excludes halogenated alkanes) is 1. The number of morpholine rings is 1. The van der Waals surface area contributed by atoms with Crippen LogP contribution in [-0.2, 0) is 9.53 Å². The van der Waals surface area contributed by atoms with E-state index in [0.29, 0.717) is 6.54 Å². The molecular formula is C13H30N2O2. The predicted molar refractivity (Wildman–Crippen MR) is 73.2 cm³/mol. The summed E-state index contributed by atoms with van der Waals surface area (Å²) in [6, 6.07) is 0. The van der Waals surface area contributed by atoms with Crippen LogP contribution in [0, 0.1) is 0 Å². The van der Waals surface area contributed by atoms with Crippen molar-refractivity contribution >= 4 is 5.91 Å². The van der Waals surface area contributed by atoms with Gasteiger partial charge in [0.2, 0.25) is 5.91 Å². The highest BCUT2D eigenvalue weighted by atomic mass is 16.5. The van der Waals surface area contributed by atoms with Crippen LogP contribution < -0.4 is 5.32 Å². The van der Waals surface area contributed by atoms with Crippen LogP contribution in [0.15, 0.2) is 0 Å². The van der Waals surface area contributed by atoms with Gasteiger partial charge in [-0.15, -0.1) is 0 Å². The van der Waals surface area contributed by atoms with Crippen molar-refractivity contribution in [2.45, 2.75) is 46.6 Å². The zero-order valence-corrected chi connectivity index (χ0v) is 11.8. The topological polar surface area (TPSA) is 41.6 Å². The second-order valence-corrected chi connectivity index (χ2v) is 4.08. The van der Waals surface area contributed by atoms with Crippen molar-refractivity contribution in [1.82, 2.24) is 10.2 Å². The molecule has 4 heteroatoms. The lowest BCUT2D eigenvalue weighted by Gasteiger charge is -2.32. The molecule has 104 valence electrons. The molecule has 1 fully saturated rings. The Morgan fingerprint density at radius 2 is 2.24 bits per heavy atom. The first-order valence-electron chi connectivity index (χ1n) is 6.80. The fourth-order valence-electron chi connectivity index (χ4n) is 1.75. The predicted octanol–water partition coefficient (Wildman–Crippen LogP) is 1.90. The van der Waals surface area contributed by atoms with Crippen LogP contribution in [0.25, 0.3) is 0 Å². The van der Waals surface area contributed by atoms with Gasteiger partial charge in [0.1, 0.15) is 0 Å². The molecule has 1 saturated heterocycles. The van der Waals surface area contributed by atoms with Gasteiger partial charge >= 0.3 is 0 Å². The van der Waals surface area contributed by atoms with E-state index < -0.39 is 0 Å². The Labute approximate surface area is 107 Å². The van der Waals surface area contributed by atoms with Gasteiger partial charge in [-0.3, -0.25) is 9.69 Å². The minimum atomic E-state index is 0. The van der Waals surface area contributed by atoms with Gasteiger partial charge < -0.3 is 10.1 Å². The van der Waals surface area contributed by atoms with Gasteiger partial charge in [0.15, 0.2) is 0 Å². The molecule has 0 bridgehead atoms. The number of hydrogen-bond donors (Lipinski definition) is 1. The highest BCUT2D eigenvalue weighted by Gasteiger charge is 2.19. The highest BCUT2D eigenvalue weighted by Crippen LogP contribution is 2.05. The van der Waals surface area contributed by atoms with Gasteiger partial charge in [0.05, 0.1) is 12.7 Å². The minimum absolute atomic E-state index is 0. The van der Waals surface area contributed by atoms with Crippen molar-refractivity contribution in [3.05, 3.63) is 0 Å². The van der Waals surface area contributed by atoms with Gasteiger partial charge in [-0.1, -0.05) is 27.2 Å². The summed E-state index contributed by atoms with van der Waals surface area (Å²) >= 11 is 0. The third kappa shape index (κ3) is 8.16. The number of rotatable bonds is 5. The van der Waals surface area contributed by atoms with Crippen LogP contribution in [0.4, 0.5) is 0 Å². The molecule has 0 aromatic heterocycles. The molecule has 1 aliphatic rings. The second kappa shape index (κ2) is 10.5. The van der Waals surface area contributed by atoms with Crippen LogP contribution in [0.1, 0.15) is 42.0 Å². The Balaban J connectivity index is 0. The van der Waals surface area contributed by atoms with Gasteiger partial charge in [-0.25, -0.2) is 0 Å². The molecule has 1 amide bonds. The van der Waals surface area contributed by atoms with E-state index in [1.165, 1.54) is 19.8 Å². The fraction of sp³-hybridized carbons (Fsp3) is 0.923. The zero-order valence-electron chi connectivity index (χ0n) is 11.8. The van der Waals surface area contributed by atoms with E-state index in [0.717, 1.165) is 26.2 Å². The lowest BCUT2D eigenvalue weighted by molar-refractivity contribution is -0.120. The maximum atomic E-state index is 10.8. The Morgan fingerprint density at radius 1 is 1.53 bits per heavy atom. The lowest BCUT2D eigenvalue weighted by atomic mass is 10.2. The number of ether oxygens (including phenoxy) is 1. The molecule has 0 aliphatic carbocycles. The molecular weight excluding hydrogens is 216 g/mol. The number of amides is 1. The van der Waals surface area contributed by atoms with Gasteiger partial charge in [-0.05, 0) is 13.0 Å². The first-order valence-corrected chi connectivity index (χ1v) is 6.80. The molecule has 0 saturated carbocycles. The molecule has 4 nitrogen and oxygen atoms in total. The van der Waals surface area contributed by atoms with E-state index in [1.807, 2.05) is 13.8 Å². The van der Waals surface area contributed by atoms with Crippen molar-refractivity contribution in [3.63, 3.8) is 0 Å². The summed E-state index contributed by atoms with van der Waals surface area (Å²) in [5, 5.41) is 2.80. The summed E-state index contributed by atoms with van der Waals surface area (Å²) < 4.78 is 5.58. The summed E-state index contributed by atoms with van der Waals surface area (Å²) in [6.07, 6.45) is 2.64. The Morgan fingerprint density at radius 3 is 2.82 bits per heavy atom. The number of nitrogens with zero attached hydrogens (tertiary/aromatic N) is 1. The molecule has 0 aromatic rings. The Hall–Kier alpha value is -0.610. The molecule has 0 aromatic carbocycles. The smallest absolute Gasteiger partial charge is 0.216 e. The van der Waals surface area contributed by atoms with Crippen molar-refractivity contribution in [2.75, 3.05) is 32.8 Å². The maximum Gasteiger partial charge on any atom is 0.216 e. The van der Waals surface area contributed by atoms with Crippen molar-refractivity contribution in [3.8, 4) is 0 Å². The van der Waals surface area contributed by atoms with Gasteiger partial charge in [0, 0.05) is 28.0 Å². The van der Waals surface area contributed by atoms with Crippen molar-refractivity contribution in [1.29, 1.82) is 0 Å². The molecule has 0 unspecified atom stereocenters. The summed E-state index contributed by atoms with van der Waals surface area (Å²) in [6.45, 7) is 12.3. The number of hydrogen-bond acceptors (Lipinski definition) is 3. The maximum absolute atomic E-state index is 10.8. The molecule has 17 heavy (non-hydrogen) atoms. The average Bonchev–Trinajstić information content (AvgIpc) is 2.37. The average molecular weight is 246 g/mol. The van der Waals surface area contributed by atoms with Gasteiger partial charge in [0.25, 0.3) is 0 Å². The Kier molecular flexibility index (Phi) is 10.2. The van der Waals surface area contributed by atoms with Crippen LogP contribution in [0.3, 0.4) is 0 Å². The number of carbonyl (C=O) groups is 1.